The Morgan fingerprint density at radius 3 is 3.00 bits per heavy atom. The third-order valence-corrected chi connectivity index (χ3v) is 4.41. The van der Waals surface area contributed by atoms with Crippen molar-refractivity contribution in [2.45, 2.75) is 26.4 Å². The smallest absolute Gasteiger partial charge is 0.156 e. The van der Waals surface area contributed by atoms with E-state index in [1.54, 1.807) is 0 Å². The molecule has 20 heavy (non-hydrogen) atoms. The van der Waals surface area contributed by atoms with E-state index in [0.29, 0.717) is 11.5 Å². The van der Waals surface area contributed by atoms with Crippen LogP contribution in [-0.2, 0) is 16.0 Å². The van der Waals surface area contributed by atoms with Gasteiger partial charge in [0, 0.05) is 9.93 Å². The fourth-order valence-corrected chi connectivity index (χ4v) is 3.08. The van der Waals surface area contributed by atoms with Crippen LogP contribution in [0.1, 0.15) is 31.1 Å². The summed E-state index contributed by atoms with van der Waals surface area (Å²) < 4.78 is 5.82. The maximum atomic E-state index is 10.8. The van der Waals surface area contributed by atoms with Crippen LogP contribution < -0.4 is 0 Å². The molecule has 0 spiro atoms. The van der Waals surface area contributed by atoms with Gasteiger partial charge in [0.2, 0.25) is 0 Å². The second-order valence-corrected chi connectivity index (χ2v) is 6.33. The zero-order valence-corrected chi connectivity index (χ0v) is 13.1. The van der Waals surface area contributed by atoms with Gasteiger partial charge in [0.1, 0.15) is 6.10 Å². The highest BCUT2D eigenvalue weighted by Crippen LogP contribution is 2.33. The van der Waals surface area contributed by atoms with Crippen LogP contribution in [0.4, 0.5) is 0 Å². The Hall–Kier alpha value is -1.03. The number of benzene rings is 1. The molecule has 0 amide bonds. The van der Waals surface area contributed by atoms with E-state index in [4.69, 9.17) is 16.3 Å². The molecule has 1 aromatic rings. The topological polar surface area (TPSA) is 26.3 Å². The number of hydrogen-bond acceptors (Lipinski definition) is 3. The minimum absolute atomic E-state index is 0.0882. The van der Waals surface area contributed by atoms with Gasteiger partial charge in [-0.25, -0.2) is 0 Å². The minimum atomic E-state index is -0.0882. The normalized spacial score (nSPS) is 19.6. The van der Waals surface area contributed by atoms with Gasteiger partial charge >= 0.3 is 0 Å². The summed E-state index contributed by atoms with van der Waals surface area (Å²) in [6, 6.07) is 5.94. The second-order valence-electron chi connectivity index (χ2n) is 4.57. The van der Waals surface area contributed by atoms with E-state index in [2.05, 4.69) is 6.07 Å². The van der Waals surface area contributed by atoms with E-state index in [9.17, 15) is 4.79 Å². The molecule has 1 heterocycles. The predicted octanol–water partition coefficient (Wildman–Crippen LogP) is 4.69. The quantitative estimate of drug-likeness (QED) is 0.596. The molecule has 1 aliphatic rings. The minimum Gasteiger partial charge on any atom is -0.369 e. The SMILES string of the molecule is C/C=C(/C=O)S/C(C)=C/C1OCCc2ccc(Cl)cc21. The number of hydrogen-bond donors (Lipinski definition) is 0. The molecule has 1 atom stereocenters. The van der Waals surface area contributed by atoms with Gasteiger partial charge in [-0.1, -0.05) is 35.5 Å². The average Bonchev–Trinajstić information content (AvgIpc) is 2.45. The predicted molar refractivity (Wildman–Crippen MR) is 85.0 cm³/mol. The molecular weight excluding hydrogens is 292 g/mol. The summed E-state index contributed by atoms with van der Waals surface area (Å²) in [5.74, 6) is 0. The van der Waals surface area contributed by atoms with Crippen LogP contribution in [0.25, 0.3) is 0 Å². The van der Waals surface area contributed by atoms with Gasteiger partial charge in [-0.05, 0) is 54.5 Å². The molecule has 0 N–H and O–H groups in total. The van der Waals surface area contributed by atoms with Crippen molar-refractivity contribution >= 4 is 29.6 Å². The molecule has 2 rings (SSSR count). The zero-order chi connectivity index (χ0) is 14.5. The molecule has 0 saturated carbocycles. The van der Waals surface area contributed by atoms with Crippen LogP contribution in [0, 0.1) is 0 Å². The first-order valence-corrected chi connectivity index (χ1v) is 7.71. The first-order chi connectivity index (χ1) is 9.63. The second kappa shape index (κ2) is 7.11. The van der Waals surface area contributed by atoms with Crippen molar-refractivity contribution in [3.63, 3.8) is 0 Å². The number of allylic oxidation sites excluding steroid dienone is 3. The Balaban J connectivity index is 2.23. The number of ether oxygens (including phenoxy) is 1. The van der Waals surface area contributed by atoms with Gasteiger partial charge < -0.3 is 4.74 Å². The van der Waals surface area contributed by atoms with Gasteiger partial charge in [0.15, 0.2) is 6.29 Å². The third-order valence-electron chi connectivity index (χ3n) is 3.15. The summed E-state index contributed by atoms with van der Waals surface area (Å²) in [6.07, 6.45) is 5.55. The molecule has 1 unspecified atom stereocenters. The summed E-state index contributed by atoms with van der Waals surface area (Å²) in [4.78, 5) is 12.6. The molecule has 0 fully saturated rings. The number of halogens is 1. The highest BCUT2D eigenvalue weighted by molar-refractivity contribution is 8.07. The summed E-state index contributed by atoms with van der Waals surface area (Å²) in [5, 5.41) is 0.722. The fourth-order valence-electron chi connectivity index (χ4n) is 2.17. The molecule has 2 nitrogen and oxygen atoms in total. The van der Waals surface area contributed by atoms with Gasteiger partial charge in [0.05, 0.1) is 6.61 Å². The van der Waals surface area contributed by atoms with Crippen LogP contribution in [-0.4, -0.2) is 12.9 Å². The van der Waals surface area contributed by atoms with Crippen LogP contribution in [0.2, 0.25) is 5.02 Å². The summed E-state index contributed by atoms with van der Waals surface area (Å²) in [7, 11) is 0. The lowest BCUT2D eigenvalue weighted by molar-refractivity contribution is -0.104. The first-order valence-electron chi connectivity index (χ1n) is 6.51. The van der Waals surface area contributed by atoms with Crippen molar-refractivity contribution in [2.75, 3.05) is 6.61 Å². The lowest BCUT2D eigenvalue weighted by Crippen LogP contribution is -2.14. The lowest BCUT2D eigenvalue weighted by Gasteiger charge is -2.24. The number of carbonyl (C=O) groups is 1. The van der Waals surface area contributed by atoms with E-state index in [0.717, 1.165) is 28.2 Å². The zero-order valence-electron chi connectivity index (χ0n) is 11.6. The van der Waals surface area contributed by atoms with E-state index in [-0.39, 0.29) is 6.10 Å². The highest BCUT2D eigenvalue weighted by Gasteiger charge is 2.19. The fraction of sp³-hybridized carbons (Fsp3) is 0.312. The van der Waals surface area contributed by atoms with E-state index >= 15 is 0 Å². The monoisotopic (exact) mass is 308 g/mol. The Kier molecular flexibility index (Phi) is 5.46. The summed E-state index contributed by atoms with van der Waals surface area (Å²) in [5.41, 5.74) is 2.40. The van der Waals surface area contributed by atoms with Crippen molar-refractivity contribution in [1.82, 2.24) is 0 Å². The van der Waals surface area contributed by atoms with Crippen LogP contribution in [0.3, 0.4) is 0 Å². The first kappa shape index (κ1) is 15.4. The third kappa shape index (κ3) is 3.75. The molecule has 1 aromatic carbocycles. The molecule has 0 aromatic heterocycles. The Labute approximate surface area is 128 Å². The van der Waals surface area contributed by atoms with Crippen molar-refractivity contribution in [3.05, 3.63) is 56.3 Å². The Morgan fingerprint density at radius 1 is 1.50 bits per heavy atom. The highest BCUT2D eigenvalue weighted by atomic mass is 35.5. The van der Waals surface area contributed by atoms with Gasteiger partial charge in [-0.15, -0.1) is 0 Å². The van der Waals surface area contributed by atoms with E-state index in [1.807, 2.05) is 38.1 Å². The van der Waals surface area contributed by atoms with Gasteiger partial charge in [-0.2, -0.15) is 0 Å². The van der Waals surface area contributed by atoms with E-state index in [1.165, 1.54) is 17.3 Å². The van der Waals surface area contributed by atoms with Crippen molar-refractivity contribution in [2.24, 2.45) is 0 Å². The molecule has 0 aliphatic carbocycles. The molecule has 0 radical (unpaired) electrons. The van der Waals surface area contributed by atoms with Crippen molar-refractivity contribution in [3.8, 4) is 0 Å². The molecule has 106 valence electrons. The largest absolute Gasteiger partial charge is 0.369 e. The molecule has 0 bridgehead atoms. The Bertz CT molecular complexity index is 564. The molecule has 1 aliphatic heterocycles. The maximum Gasteiger partial charge on any atom is 0.156 e. The molecule has 0 saturated heterocycles. The number of carbonyl (C=O) groups excluding carboxylic acids is 1. The van der Waals surface area contributed by atoms with Crippen LogP contribution in [0.5, 0.6) is 0 Å². The van der Waals surface area contributed by atoms with E-state index < -0.39 is 0 Å². The summed E-state index contributed by atoms with van der Waals surface area (Å²) >= 11 is 7.53. The summed E-state index contributed by atoms with van der Waals surface area (Å²) in [6.45, 7) is 4.55. The molecular formula is C16H17ClO2S. The number of aldehydes is 1. The van der Waals surface area contributed by atoms with Crippen molar-refractivity contribution < 1.29 is 9.53 Å². The average molecular weight is 309 g/mol. The Morgan fingerprint density at radius 2 is 2.30 bits per heavy atom. The standard InChI is InChI=1S/C16H17ClO2S/c1-3-14(10-18)20-11(2)8-16-15-9-13(17)5-4-12(15)6-7-19-16/h3-5,8-10,16H,6-7H2,1-2H3/b11-8+,14-3-. The number of fused-ring (bicyclic) bond motifs is 1. The molecule has 4 heteroatoms. The van der Waals surface area contributed by atoms with Gasteiger partial charge in [-0.3, -0.25) is 4.79 Å². The van der Waals surface area contributed by atoms with Gasteiger partial charge in [0.25, 0.3) is 0 Å². The lowest BCUT2D eigenvalue weighted by atomic mass is 9.97. The number of thioether (sulfide) groups is 1. The maximum absolute atomic E-state index is 10.8. The van der Waals surface area contributed by atoms with Crippen molar-refractivity contribution in [1.29, 1.82) is 0 Å². The van der Waals surface area contributed by atoms with Crippen LogP contribution >= 0.6 is 23.4 Å². The van der Waals surface area contributed by atoms with Crippen LogP contribution in [0.15, 0.2) is 40.2 Å². The number of rotatable bonds is 4.